The number of rotatable bonds is 5. The third kappa shape index (κ3) is 4.81. The van der Waals surface area contributed by atoms with E-state index in [-0.39, 0.29) is 0 Å². The summed E-state index contributed by atoms with van der Waals surface area (Å²) in [5.74, 6) is -3.14. The smallest absolute Gasteiger partial charge is 0.238 e. The summed E-state index contributed by atoms with van der Waals surface area (Å²) in [5, 5.41) is -3.41. The quantitative estimate of drug-likeness (QED) is 0.175. The second-order valence-corrected chi connectivity index (χ2v) is 12.1. The van der Waals surface area contributed by atoms with E-state index in [2.05, 4.69) is 15.0 Å². The summed E-state index contributed by atoms with van der Waals surface area (Å²) in [6.07, 6.45) is 0. The van der Waals surface area contributed by atoms with Crippen LogP contribution in [0.1, 0.15) is 42.5 Å². The van der Waals surface area contributed by atoms with Crippen LogP contribution in [-0.2, 0) is 0 Å². The molecule has 0 aliphatic rings. The molecule has 0 aliphatic carbocycles. The van der Waals surface area contributed by atoms with Gasteiger partial charge in [-0.05, 0) is 65.5 Å². The Bertz CT molecular complexity index is 5180. The van der Waals surface area contributed by atoms with E-state index < -0.39 is 298 Å². The van der Waals surface area contributed by atoms with E-state index >= 15 is 0 Å². The lowest BCUT2D eigenvalue weighted by Gasteiger charge is -2.15. The standard InChI is InChI=1S/C51H31N5O/c1-2-16-32(17-3-1)40-30-33(31-47-48(40)39-23-9-15-29-46(39)57-47)49-52-50(54-51(53-49)56-43-26-12-6-20-36(43)37-21-7-13-27-44(37)56)38-22-8-14-28-45(38)55-41-24-10-4-18-34(41)35-19-5-11-25-42(35)55/h1-31H/i1D,2D,3D,4D,5D,6D,7D,8D,9D,10D,11D,12D,13D,14D,15D,16D,17D,18D,19D,20D,21D,22D,23D,24D,25D,26D,27D,28D,29D,30D,31D. The molecule has 6 nitrogen and oxygen atoms in total. The van der Waals surface area contributed by atoms with Gasteiger partial charge in [-0.2, -0.15) is 9.97 Å². The van der Waals surface area contributed by atoms with Gasteiger partial charge in [-0.3, -0.25) is 4.57 Å². The summed E-state index contributed by atoms with van der Waals surface area (Å²) in [6, 6.07) is -29.6. The molecule has 0 bridgehead atoms. The fraction of sp³-hybridized carbons (Fsp3) is 0. The Morgan fingerprint density at radius 2 is 0.895 bits per heavy atom. The third-order valence-corrected chi connectivity index (χ3v) is 9.05. The van der Waals surface area contributed by atoms with Crippen molar-refractivity contribution in [2.45, 2.75) is 0 Å². The van der Waals surface area contributed by atoms with Crippen LogP contribution in [0.4, 0.5) is 0 Å². The molecule has 57 heavy (non-hydrogen) atoms. The molecule has 0 spiro atoms. The molecule has 0 unspecified atom stereocenters. The second kappa shape index (κ2) is 12.3. The minimum Gasteiger partial charge on any atom is -0.456 e. The van der Waals surface area contributed by atoms with E-state index in [4.69, 9.17) is 35.9 Å². The third-order valence-electron chi connectivity index (χ3n) is 9.05. The fourth-order valence-corrected chi connectivity index (χ4v) is 6.74. The molecule has 0 atom stereocenters. The zero-order valence-corrected chi connectivity index (χ0v) is 28.1. The van der Waals surface area contributed by atoms with Crippen LogP contribution in [0.3, 0.4) is 0 Å². The van der Waals surface area contributed by atoms with Crippen molar-refractivity contribution in [3.8, 4) is 45.5 Å². The number of hydrogen-bond acceptors (Lipinski definition) is 4. The SMILES string of the molecule is [2H]c1c([2H])c([2H])c(-c2c([2H])c(-c3nc(-c4c([2H])c([2H])c([2H])c([2H])c4-n4c5c([2H])c([2H])c([2H])c([2H])c5c5c([2H])c([2H])c([2H])c([2H])c54)nc(-n4c5c([2H])c([2H])c([2H])c([2H])c5c5c([2H])c([2H])c([2H])c([2H])c54)n3)c([2H])c3oc4c([2H])c([2H])c([2H])c([2H])c4c23)c([2H])c1[2H]. The minimum absolute atomic E-state index is 0.547. The Morgan fingerprint density at radius 1 is 0.386 bits per heavy atom. The van der Waals surface area contributed by atoms with Crippen LogP contribution in [0.25, 0.3) is 111 Å². The maximum absolute atomic E-state index is 10.1. The van der Waals surface area contributed by atoms with Crippen LogP contribution in [-0.4, -0.2) is 24.1 Å². The average Bonchev–Trinajstić information content (AvgIpc) is 1.51. The molecular formula is C51H31N5O. The van der Waals surface area contributed by atoms with Gasteiger partial charge in [0.05, 0.1) is 70.2 Å². The molecule has 4 aromatic heterocycles. The zero-order valence-electron chi connectivity index (χ0n) is 59.1. The molecule has 0 N–H and O–H groups in total. The minimum atomic E-state index is -1.14. The number of benzene rings is 8. The van der Waals surface area contributed by atoms with Gasteiger partial charge in [0.2, 0.25) is 5.95 Å². The summed E-state index contributed by atoms with van der Waals surface area (Å²) < 4.78 is 287. The van der Waals surface area contributed by atoms with Gasteiger partial charge in [0.15, 0.2) is 11.6 Å². The maximum Gasteiger partial charge on any atom is 0.238 e. The molecule has 0 radical (unpaired) electrons. The Labute approximate surface area is 370 Å². The Balaban J connectivity index is 1.38. The Morgan fingerprint density at radius 3 is 1.54 bits per heavy atom. The maximum atomic E-state index is 10.1. The van der Waals surface area contributed by atoms with Gasteiger partial charge in [0, 0.05) is 43.4 Å². The second-order valence-electron chi connectivity index (χ2n) is 12.1. The van der Waals surface area contributed by atoms with Gasteiger partial charge in [-0.25, -0.2) is 4.98 Å². The topological polar surface area (TPSA) is 61.7 Å². The normalized spacial score (nSPS) is 19.5. The van der Waals surface area contributed by atoms with Crippen molar-refractivity contribution in [3.63, 3.8) is 0 Å². The summed E-state index contributed by atoms with van der Waals surface area (Å²) in [5.41, 5.74) is -8.65. The van der Waals surface area contributed by atoms with Gasteiger partial charge < -0.3 is 8.98 Å². The molecule has 12 aromatic rings. The molecule has 6 heteroatoms. The van der Waals surface area contributed by atoms with Crippen LogP contribution in [0.2, 0.25) is 0 Å². The van der Waals surface area contributed by atoms with E-state index in [1.54, 1.807) is 0 Å². The van der Waals surface area contributed by atoms with Crippen LogP contribution in [0.15, 0.2) is 192 Å². The summed E-state index contributed by atoms with van der Waals surface area (Å²) in [4.78, 5) is 13.8. The lowest BCUT2D eigenvalue weighted by Crippen LogP contribution is -2.08. The van der Waals surface area contributed by atoms with Gasteiger partial charge in [0.25, 0.3) is 0 Å². The van der Waals surface area contributed by atoms with E-state index in [1.807, 2.05) is 0 Å². The van der Waals surface area contributed by atoms with Crippen molar-refractivity contribution < 1.29 is 46.9 Å². The average molecular weight is 761 g/mol. The first-order chi connectivity index (χ1) is 41.2. The van der Waals surface area contributed by atoms with Crippen molar-refractivity contribution in [3.05, 3.63) is 187 Å². The Kier molecular flexibility index (Phi) is 2.97. The predicted octanol–water partition coefficient (Wildman–Crippen LogP) is 13.0. The van der Waals surface area contributed by atoms with Gasteiger partial charge >= 0.3 is 0 Å². The number of furan rings is 1. The highest BCUT2D eigenvalue weighted by Crippen LogP contribution is 2.41. The highest BCUT2D eigenvalue weighted by molar-refractivity contribution is 6.14. The molecule has 0 saturated carbocycles. The monoisotopic (exact) mass is 760 g/mol. The molecule has 8 aromatic carbocycles. The molecule has 0 fully saturated rings. The van der Waals surface area contributed by atoms with Crippen molar-refractivity contribution >= 4 is 65.6 Å². The molecule has 4 heterocycles. The fourth-order valence-electron chi connectivity index (χ4n) is 6.74. The molecule has 0 aliphatic heterocycles. The number of hydrogen-bond donors (Lipinski definition) is 0. The van der Waals surface area contributed by atoms with Crippen molar-refractivity contribution in [2.24, 2.45) is 0 Å². The Hall–Kier alpha value is -7.83. The summed E-state index contributed by atoms with van der Waals surface area (Å²) in [7, 11) is 0. The van der Waals surface area contributed by atoms with E-state index in [0.717, 1.165) is 0 Å². The number of nitrogens with zero attached hydrogens (tertiary/aromatic N) is 5. The lowest BCUT2D eigenvalue weighted by molar-refractivity contribution is 0.669. The van der Waals surface area contributed by atoms with E-state index in [9.17, 15) is 11.0 Å². The first-order valence-electron chi connectivity index (χ1n) is 32.1. The lowest BCUT2D eigenvalue weighted by atomic mass is 9.97. The molecule has 12 rings (SSSR count). The van der Waals surface area contributed by atoms with Crippen molar-refractivity contribution in [1.29, 1.82) is 0 Å². The van der Waals surface area contributed by atoms with Crippen LogP contribution in [0.5, 0.6) is 0 Å². The van der Waals surface area contributed by atoms with Crippen molar-refractivity contribution in [1.82, 2.24) is 24.1 Å². The number of aromatic nitrogens is 5. The van der Waals surface area contributed by atoms with Crippen LogP contribution in [0, 0.1) is 0 Å². The number of para-hydroxylation sites is 6. The van der Waals surface area contributed by atoms with Gasteiger partial charge in [-0.1, -0.05) is 133 Å². The van der Waals surface area contributed by atoms with E-state index in [1.165, 1.54) is 0 Å². The van der Waals surface area contributed by atoms with E-state index in [0.29, 0.717) is 9.13 Å². The highest BCUT2D eigenvalue weighted by Gasteiger charge is 2.22. The van der Waals surface area contributed by atoms with Gasteiger partial charge in [0.1, 0.15) is 11.2 Å². The number of fused-ring (bicyclic) bond motifs is 9. The summed E-state index contributed by atoms with van der Waals surface area (Å²) >= 11 is 0. The largest absolute Gasteiger partial charge is 0.456 e. The zero-order chi connectivity index (χ0) is 64.4. The molecule has 266 valence electrons. The molecular weight excluding hydrogens is 699 g/mol. The molecule has 0 saturated heterocycles. The van der Waals surface area contributed by atoms with Crippen LogP contribution >= 0.6 is 0 Å². The summed E-state index contributed by atoms with van der Waals surface area (Å²) in [6.45, 7) is 0. The van der Waals surface area contributed by atoms with Crippen molar-refractivity contribution in [2.75, 3.05) is 0 Å². The molecule has 0 amide bonds. The highest BCUT2D eigenvalue weighted by atomic mass is 16.3. The van der Waals surface area contributed by atoms with Gasteiger partial charge in [-0.15, -0.1) is 0 Å². The first-order valence-corrected chi connectivity index (χ1v) is 16.6. The first kappa shape index (κ1) is 13.7. The van der Waals surface area contributed by atoms with Crippen LogP contribution < -0.4 is 0 Å². The predicted molar refractivity (Wildman–Crippen MR) is 232 cm³/mol.